The fourth-order valence-electron chi connectivity index (χ4n) is 3.82. The molecule has 2 aromatic rings. The van der Waals surface area contributed by atoms with Crippen LogP contribution in [0.5, 0.6) is 11.5 Å². The Morgan fingerprint density at radius 3 is 2.60 bits per heavy atom. The van der Waals surface area contributed by atoms with Gasteiger partial charge in [0.25, 0.3) is 5.91 Å². The first-order valence-electron chi connectivity index (χ1n) is 10.1. The van der Waals surface area contributed by atoms with E-state index in [0.717, 1.165) is 17.5 Å². The molecule has 8 heteroatoms. The molecular formula is C22H26N2O5S. The van der Waals surface area contributed by atoms with E-state index >= 15 is 0 Å². The van der Waals surface area contributed by atoms with Crippen LogP contribution in [0.3, 0.4) is 0 Å². The molecule has 0 spiro atoms. The summed E-state index contributed by atoms with van der Waals surface area (Å²) >= 11 is 0. The van der Waals surface area contributed by atoms with Gasteiger partial charge in [-0.15, -0.1) is 0 Å². The second kappa shape index (κ2) is 8.18. The van der Waals surface area contributed by atoms with Crippen LogP contribution in [0.4, 0.5) is 5.69 Å². The van der Waals surface area contributed by atoms with Crippen LogP contribution < -0.4 is 13.8 Å². The molecule has 0 aliphatic carbocycles. The summed E-state index contributed by atoms with van der Waals surface area (Å²) in [5.41, 5.74) is 2.83. The lowest BCUT2D eigenvalue weighted by atomic mass is 10.1. The van der Waals surface area contributed by atoms with Gasteiger partial charge in [-0.1, -0.05) is 12.1 Å². The molecule has 2 aromatic carbocycles. The van der Waals surface area contributed by atoms with Crippen LogP contribution in [-0.4, -0.2) is 51.8 Å². The van der Waals surface area contributed by atoms with Gasteiger partial charge in [-0.05, 0) is 55.2 Å². The Morgan fingerprint density at radius 2 is 1.83 bits per heavy atom. The van der Waals surface area contributed by atoms with Gasteiger partial charge in [0, 0.05) is 25.7 Å². The molecule has 1 fully saturated rings. The maximum absolute atomic E-state index is 13.0. The van der Waals surface area contributed by atoms with Crippen LogP contribution in [0.15, 0.2) is 36.4 Å². The minimum atomic E-state index is -3.34. The molecule has 7 nitrogen and oxygen atoms in total. The van der Waals surface area contributed by atoms with Gasteiger partial charge in [0.1, 0.15) is 13.2 Å². The number of fused-ring (bicyclic) bond motifs is 1. The van der Waals surface area contributed by atoms with E-state index < -0.39 is 10.0 Å². The number of amides is 1. The molecule has 0 bridgehead atoms. The first kappa shape index (κ1) is 20.5. The number of benzene rings is 2. The highest BCUT2D eigenvalue weighted by molar-refractivity contribution is 7.92. The van der Waals surface area contributed by atoms with E-state index in [-0.39, 0.29) is 11.7 Å². The molecule has 0 atom stereocenters. The molecular weight excluding hydrogens is 404 g/mol. The molecule has 2 aliphatic rings. The van der Waals surface area contributed by atoms with Crippen molar-refractivity contribution in [2.45, 2.75) is 26.3 Å². The van der Waals surface area contributed by atoms with Crippen molar-refractivity contribution in [1.29, 1.82) is 0 Å². The first-order valence-corrected chi connectivity index (χ1v) is 11.7. The summed E-state index contributed by atoms with van der Waals surface area (Å²) in [4.78, 5) is 14.7. The zero-order valence-corrected chi connectivity index (χ0v) is 18.1. The molecule has 0 unspecified atom stereocenters. The molecule has 2 heterocycles. The molecule has 30 heavy (non-hydrogen) atoms. The Morgan fingerprint density at radius 1 is 1.07 bits per heavy atom. The number of nitrogens with zero attached hydrogens (tertiary/aromatic N) is 2. The van der Waals surface area contributed by atoms with Crippen LogP contribution in [-0.2, 0) is 16.6 Å². The van der Waals surface area contributed by atoms with E-state index in [4.69, 9.17) is 9.47 Å². The zero-order chi connectivity index (χ0) is 21.3. The smallest absolute Gasteiger partial charge is 0.253 e. The predicted octanol–water partition coefficient (Wildman–Crippen LogP) is 2.97. The molecule has 160 valence electrons. The zero-order valence-electron chi connectivity index (χ0n) is 17.3. The van der Waals surface area contributed by atoms with E-state index in [0.29, 0.717) is 55.5 Å². The van der Waals surface area contributed by atoms with Gasteiger partial charge in [-0.3, -0.25) is 9.10 Å². The highest BCUT2D eigenvalue weighted by Gasteiger charge is 2.28. The van der Waals surface area contributed by atoms with Gasteiger partial charge in [0.05, 0.1) is 11.4 Å². The topological polar surface area (TPSA) is 76.2 Å². The number of rotatable bonds is 4. The van der Waals surface area contributed by atoms with Crippen LogP contribution in [0, 0.1) is 6.92 Å². The van der Waals surface area contributed by atoms with Crippen LogP contribution in [0.25, 0.3) is 0 Å². The average molecular weight is 431 g/mol. The minimum absolute atomic E-state index is 0.147. The molecule has 0 radical (unpaired) electrons. The Labute approximate surface area is 177 Å². The molecule has 0 saturated carbocycles. The van der Waals surface area contributed by atoms with Crippen molar-refractivity contribution in [2.24, 2.45) is 0 Å². The highest BCUT2D eigenvalue weighted by atomic mass is 32.2. The second-order valence-electron chi connectivity index (χ2n) is 7.74. The van der Waals surface area contributed by atoms with Crippen LogP contribution in [0.2, 0.25) is 0 Å². The van der Waals surface area contributed by atoms with Crippen LogP contribution >= 0.6 is 0 Å². The Hall–Kier alpha value is -2.74. The van der Waals surface area contributed by atoms with Crippen molar-refractivity contribution in [3.63, 3.8) is 0 Å². The molecule has 1 saturated heterocycles. The van der Waals surface area contributed by atoms with Crippen molar-refractivity contribution in [2.75, 3.05) is 36.9 Å². The lowest BCUT2D eigenvalue weighted by Crippen LogP contribution is -2.38. The van der Waals surface area contributed by atoms with Gasteiger partial charge < -0.3 is 14.4 Å². The Balaban J connectivity index is 1.54. The molecule has 0 N–H and O–H groups in total. The fourth-order valence-corrected chi connectivity index (χ4v) is 5.52. The normalized spacial score (nSPS) is 17.5. The Bertz CT molecular complexity index is 1070. The number of ether oxygens (including phenoxy) is 2. The van der Waals surface area contributed by atoms with Crippen molar-refractivity contribution >= 4 is 21.6 Å². The number of carbonyl (C=O) groups excluding carboxylic acids is 1. The summed E-state index contributed by atoms with van der Waals surface area (Å²) in [7, 11) is -1.60. The average Bonchev–Trinajstić information content (AvgIpc) is 2.73. The maximum atomic E-state index is 13.0. The first-order chi connectivity index (χ1) is 14.3. The SMILES string of the molecule is Cc1ccc(C(=O)N(C)Cc2ccc3c(c2)OCCO3)cc1N1CCCCS1(=O)=O. The Kier molecular flexibility index (Phi) is 5.60. The maximum Gasteiger partial charge on any atom is 0.253 e. The lowest BCUT2D eigenvalue weighted by molar-refractivity contribution is 0.0784. The third kappa shape index (κ3) is 4.09. The van der Waals surface area contributed by atoms with Crippen molar-refractivity contribution in [1.82, 2.24) is 4.90 Å². The summed E-state index contributed by atoms with van der Waals surface area (Å²) < 4.78 is 37.6. The second-order valence-corrected chi connectivity index (χ2v) is 9.75. The van der Waals surface area contributed by atoms with Crippen molar-refractivity contribution < 1.29 is 22.7 Å². The van der Waals surface area contributed by atoms with E-state index in [1.165, 1.54) is 4.31 Å². The van der Waals surface area contributed by atoms with E-state index in [9.17, 15) is 13.2 Å². The van der Waals surface area contributed by atoms with Crippen LogP contribution in [0.1, 0.15) is 34.3 Å². The summed E-state index contributed by atoms with van der Waals surface area (Å²) in [5.74, 6) is 1.38. The standard InChI is InChI=1S/C22H26N2O5S/c1-16-5-7-18(14-19(16)24-9-3-4-12-30(24,26)27)22(25)23(2)15-17-6-8-20-21(13-17)29-11-10-28-20/h5-8,13-14H,3-4,9-12,15H2,1-2H3. The highest BCUT2D eigenvalue weighted by Crippen LogP contribution is 2.32. The van der Waals surface area contributed by atoms with E-state index in [1.807, 2.05) is 31.2 Å². The number of carbonyl (C=O) groups is 1. The van der Waals surface area contributed by atoms with Gasteiger partial charge in [0.2, 0.25) is 10.0 Å². The third-order valence-electron chi connectivity index (χ3n) is 5.45. The number of hydrogen-bond acceptors (Lipinski definition) is 5. The lowest BCUT2D eigenvalue weighted by Gasteiger charge is -2.30. The minimum Gasteiger partial charge on any atom is -0.486 e. The largest absolute Gasteiger partial charge is 0.486 e. The number of anilines is 1. The fraction of sp³-hybridized carbons (Fsp3) is 0.409. The molecule has 2 aliphatic heterocycles. The summed E-state index contributed by atoms with van der Waals surface area (Å²) in [5, 5.41) is 0. The number of aryl methyl sites for hydroxylation is 1. The van der Waals surface area contributed by atoms with E-state index in [2.05, 4.69) is 0 Å². The van der Waals surface area contributed by atoms with Gasteiger partial charge in [-0.2, -0.15) is 0 Å². The summed E-state index contributed by atoms with van der Waals surface area (Å²) in [6.07, 6.45) is 1.50. The molecule has 0 aromatic heterocycles. The van der Waals surface area contributed by atoms with Crippen molar-refractivity contribution in [3.8, 4) is 11.5 Å². The summed E-state index contributed by atoms with van der Waals surface area (Å²) in [6.45, 7) is 3.77. The van der Waals surface area contributed by atoms with Gasteiger partial charge in [0.15, 0.2) is 11.5 Å². The molecule has 4 rings (SSSR count). The van der Waals surface area contributed by atoms with Crippen molar-refractivity contribution in [3.05, 3.63) is 53.1 Å². The molecule has 1 amide bonds. The van der Waals surface area contributed by atoms with Gasteiger partial charge >= 0.3 is 0 Å². The quantitative estimate of drug-likeness (QED) is 0.745. The van der Waals surface area contributed by atoms with Gasteiger partial charge in [-0.25, -0.2) is 8.42 Å². The third-order valence-corrected chi connectivity index (χ3v) is 7.30. The van der Waals surface area contributed by atoms with E-state index in [1.54, 1.807) is 24.1 Å². The monoisotopic (exact) mass is 430 g/mol. The number of hydrogen-bond donors (Lipinski definition) is 0. The summed E-state index contributed by atoms with van der Waals surface area (Å²) in [6, 6.07) is 10.9. The number of sulfonamides is 1. The predicted molar refractivity (Wildman–Crippen MR) is 115 cm³/mol.